The van der Waals surface area contributed by atoms with E-state index in [0.717, 1.165) is 18.7 Å². The van der Waals surface area contributed by atoms with E-state index in [0.29, 0.717) is 13.1 Å². The molecule has 1 unspecified atom stereocenters. The van der Waals surface area contributed by atoms with E-state index < -0.39 is 16.5 Å². The molecule has 0 bridgehead atoms. The van der Waals surface area contributed by atoms with E-state index in [4.69, 9.17) is 0 Å². The number of nitro groups is 2. The number of rotatable bonds is 5. The number of nitro benzene ring substituents is 2. The zero-order chi connectivity index (χ0) is 18.8. The molecule has 0 radical (unpaired) electrons. The van der Waals surface area contributed by atoms with Crippen molar-refractivity contribution in [3.05, 3.63) is 55.6 Å². The fourth-order valence-corrected chi connectivity index (χ4v) is 3.54. The lowest BCUT2D eigenvalue weighted by Crippen LogP contribution is -2.35. The summed E-state index contributed by atoms with van der Waals surface area (Å²) < 4.78 is 0. The van der Waals surface area contributed by atoms with Crippen LogP contribution < -0.4 is 4.90 Å². The van der Waals surface area contributed by atoms with Gasteiger partial charge in [0.05, 0.1) is 16.5 Å². The summed E-state index contributed by atoms with van der Waals surface area (Å²) in [7, 11) is 0. The van der Waals surface area contributed by atoms with Crippen molar-refractivity contribution in [3.63, 3.8) is 0 Å². The van der Waals surface area contributed by atoms with E-state index in [1.54, 1.807) is 17.3 Å². The van der Waals surface area contributed by atoms with Gasteiger partial charge in [0.25, 0.3) is 5.69 Å². The molecular formula is C16H19N5O5. The van der Waals surface area contributed by atoms with Crippen molar-refractivity contribution in [2.75, 3.05) is 18.0 Å². The van der Waals surface area contributed by atoms with Crippen LogP contribution in [0.2, 0.25) is 0 Å². The van der Waals surface area contributed by atoms with Crippen molar-refractivity contribution in [1.29, 1.82) is 0 Å². The van der Waals surface area contributed by atoms with Crippen LogP contribution in [0.25, 0.3) is 0 Å². The van der Waals surface area contributed by atoms with Crippen LogP contribution in [-0.2, 0) is 6.61 Å². The smallest absolute Gasteiger partial charge is 0.302 e. The summed E-state index contributed by atoms with van der Waals surface area (Å²) in [5.74, 6) is 0.777. The maximum absolute atomic E-state index is 11.7. The van der Waals surface area contributed by atoms with E-state index in [9.17, 15) is 25.3 Å². The van der Waals surface area contributed by atoms with Crippen LogP contribution in [0.15, 0.2) is 18.5 Å². The number of anilines is 1. The largest absolute Gasteiger partial charge is 0.392 e. The average molecular weight is 361 g/mol. The maximum Gasteiger partial charge on any atom is 0.302 e. The van der Waals surface area contributed by atoms with Gasteiger partial charge < -0.3 is 15.0 Å². The van der Waals surface area contributed by atoms with Crippen LogP contribution >= 0.6 is 0 Å². The highest BCUT2D eigenvalue weighted by atomic mass is 16.6. The summed E-state index contributed by atoms with van der Waals surface area (Å²) in [5, 5.41) is 32.7. The minimum absolute atomic E-state index is 0.00551. The monoisotopic (exact) mass is 361 g/mol. The van der Waals surface area contributed by atoms with E-state index in [2.05, 4.69) is 9.97 Å². The molecule has 10 heteroatoms. The van der Waals surface area contributed by atoms with Gasteiger partial charge in [-0.1, -0.05) is 0 Å². The van der Waals surface area contributed by atoms with Crippen molar-refractivity contribution in [2.24, 2.45) is 0 Å². The van der Waals surface area contributed by atoms with Crippen molar-refractivity contribution >= 4 is 17.1 Å². The Balaban J connectivity index is 2.11. The third-order valence-electron chi connectivity index (χ3n) is 4.81. The Morgan fingerprint density at radius 1 is 1.38 bits per heavy atom. The lowest BCUT2D eigenvalue weighted by molar-refractivity contribution is -0.393. The van der Waals surface area contributed by atoms with E-state index in [1.165, 1.54) is 13.0 Å². The number of aliphatic hydroxyl groups excluding tert-OH is 1. The predicted molar refractivity (Wildman–Crippen MR) is 93.2 cm³/mol. The highest BCUT2D eigenvalue weighted by molar-refractivity contribution is 5.79. The maximum atomic E-state index is 11.7. The van der Waals surface area contributed by atoms with Gasteiger partial charge in [-0.15, -0.1) is 0 Å². The molecule has 138 valence electrons. The molecule has 26 heavy (non-hydrogen) atoms. The Morgan fingerprint density at radius 3 is 2.73 bits per heavy atom. The third-order valence-corrected chi connectivity index (χ3v) is 4.81. The number of hydrogen-bond acceptors (Lipinski definition) is 7. The molecule has 2 heterocycles. The van der Waals surface area contributed by atoms with Crippen LogP contribution in [0.3, 0.4) is 0 Å². The first kappa shape index (κ1) is 17.8. The Morgan fingerprint density at radius 2 is 2.15 bits per heavy atom. The van der Waals surface area contributed by atoms with Crippen LogP contribution in [0, 0.1) is 27.2 Å². The number of piperidine rings is 1. The van der Waals surface area contributed by atoms with Crippen molar-refractivity contribution < 1.29 is 15.0 Å². The number of H-pyrrole nitrogens is 1. The number of hydrogen-bond donors (Lipinski definition) is 2. The van der Waals surface area contributed by atoms with E-state index >= 15 is 0 Å². The predicted octanol–water partition coefficient (Wildman–Crippen LogP) is 2.41. The zero-order valence-electron chi connectivity index (χ0n) is 14.2. The Hall–Kier alpha value is -3.01. The number of nitrogens with zero attached hydrogens (tertiary/aromatic N) is 4. The van der Waals surface area contributed by atoms with Gasteiger partial charge in [-0.2, -0.15) is 0 Å². The SMILES string of the molecule is Cc1c(CO)cc([N+](=O)[O-])c(N2CCCC(c3ncc[nH]3)C2)c1[N+](=O)[O-]. The molecule has 0 amide bonds. The van der Waals surface area contributed by atoms with Gasteiger partial charge in [0.2, 0.25) is 0 Å². The molecule has 0 aliphatic carbocycles. The lowest BCUT2D eigenvalue weighted by Gasteiger charge is -2.33. The first-order valence-electron chi connectivity index (χ1n) is 8.24. The second-order valence-electron chi connectivity index (χ2n) is 6.31. The summed E-state index contributed by atoms with van der Waals surface area (Å²) in [6.45, 7) is 1.89. The fourth-order valence-electron chi connectivity index (χ4n) is 3.54. The van der Waals surface area contributed by atoms with Crippen LogP contribution in [-0.4, -0.2) is 38.0 Å². The second kappa shape index (κ2) is 7.08. The first-order valence-corrected chi connectivity index (χ1v) is 8.24. The van der Waals surface area contributed by atoms with Crippen molar-refractivity contribution in [2.45, 2.75) is 32.3 Å². The molecule has 10 nitrogen and oxygen atoms in total. The van der Waals surface area contributed by atoms with Crippen molar-refractivity contribution in [1.82, 2.24) is 9.97 Å². The Bertz CT molecular complexity index is 836. The van der Waals surface area contributed by atoms with Gasteiger partial charge in [-0.3, -0.25) is 20.2 Å². The minimum atomic E-state index is -0.628. The number of aromatic amines is 1. The molecule has 2 N–H and O–H groups in total. The molecule has 0 saturated carbocycles. The molecule has 1 saturated heterocycles. The highest BCUT2D eigenvalue weighted by Crippen LogP contribution is 2.43. The standard InChI is InChI=1S/C16H19N5O5/c1-10-12(9-22)7-13(20(23)24)15(14(10)21(25)26)19-6-2-3-11(8-19)16-17-4-5-18-16/h4-5,7,11,22H,2-3,6,8-9H2,1H3,(H,17,18). The normalized spacial score (nSPS) is 17.3. The Kier molecular flexibility index (Phi) is 4.85. The third kappa shape index (κ3) is 3.10. The van der Waals surface area contributed by atoms with Gasteiger partial charge in [0.15, 0.2) is 5.69 Å². The molecular weight excluding hydrogens is 342 g/mol. The molecule has 1 atom stereocenters. The number of aromatic nitrogens is 2. The summed E-state index contributed by atoms with van der Waals surface area (Å²) in [6.07, 6.45) is 4.93. The second-order valence-corrected chi connectivity index (χ2v) is 6.31. The number of nitrogens with one attached hydrogen (secondary N) is 1. The Labute approximate surface area is 148 Å². The van der Waals surface area contributed by atoms with E-state index in [-0.39, 0.29) is 34.1 Å². The number of benzene rings is 1. The topological polar surface area (TPSA) is 138 Å². The summed E-state index contributed by atoms with van der Waals surface area (Å²) in [6, 6.07) is 1.23. The quantitative estimate of drug-likeness (QED) is 0.616. The summed E-state index contributed by atoms with van der Waals surface area (Å²) in [5.41, 5.74) is -0.231. The summed E-state index contributed by atoms with van der Waals surface area (Å²) >= 11 is 0. The van der Waals surface area contributed by atoms with Gasteiger partial charge >= 0.3 is 5.69 Å². The molecule has 3 rings (SSSR count). The van der Waals surface area contributed by atoms with Gasteiger partial charge in [-0.05, 0) is 25.3 Å². The van der Waals surface area contributed by atoms with Gasteiger partial charge in [0, 0.05) is 43.0 Å². The molecule has 1 fully saturated rings. The van der Waals surface area contributed by atoms with Gasteiger partial charge in [0.1, 0.15) is 5.82 Å². The molecule has 0 spiro atoms. The van der Waals surface area contributed by atoms with Crippen LogP contribution in [0.1, 0.15) is 35.7 Å². The van der Waals surface area contributed by atoms with E-state index in [1.807, 2.05) is 0 Å². The molecule has 1 aliphatic rings. The zero-order valence-corrected chi connectivity index (χ0v) is 14.2. The van der Waals surface area contributed by atoms with Gasteiger partial charge in [-0.25, -0.2) is 4.98 Å². The van der Waals surface area contributed by atoms with Crippen LogP contribution in [0.5, 0.6) is 0 Å². The van der Waals surface area contributed by atoms with Crippen LogP contribution in [0.4, 0.5) is 17.1 Å². The lowest BCUT2D eigenvalue weighted by atomic mass is 9.95. The molecule has 1 aromatic heterocycles. The minimum Gasteiger partial charge on any atom is -0.392 e. The number of aliphatic hydroxyl groups is 1. The molecule has 1 aromatic carbocycles. The molecule has 1 aliphatic heterocycles. The highest BCUT2D eigenvalue weighted by Gasteiger charge is 2.36. The average Bonchev–Trinajstić information content (AvgIpc) is 3.15. The first-order chi connectivity index (χ1) is 12.4. The molecule has 2 aromatic rings. The number of imidazole rings is 1. The fraction of sp³-hybridized carbons (Fsp3) is 0.438. The summed E-state index contributed by atoms with van der Waals surface area (Å²) in [4.78, 5) is 31.0. The van der Waals surface area contributed by atoms with Crippen molar-refractivity contribution in [3.8, 4) is 0 Å².